The highest BCUT2D eigenvalue weighted by atomic mass is 19.1. The SMILES string of the molecule is CCn1c(C2(N)CCCCCC2)nc2ccc(F)cc21. The van der Waals surface area contributed by atoms with Gasteiger partial charge in [-0.1, -0.05) is 25.7 Å². The summed E-state index contributed by atoms with van der Waals surface area (Å²) in [5.41, 5.74) is 8.03. The quantitative estimate of drug-likeness (QED) is 0.849. The first-order valence-electron chi connectivity index (χ1n) is 7.59. The van der Waals surface area contributed by atoms with Crippen LogP contribution in [-0.4, -0.2) is 9.55 Å². The van der Waals surface area contributed by atoms with Gasteiger partial charge >= 0.3 is 0 Å². The molecule has 20 heavy (non-hydrogen) atoms. The zero-order valence-electron chi connectivity index (χ0n) is 12.0. The lowest BCUT2D eigenvalue weighted by Crippen LogP contribution is -2.39. The van der Waals surface area contributed by atoms with Gasteiger partial charge in [-0.05, 0) is 38.0 Å². The van der Waals surface area contributed by atoms with Crippen LogP contribution in [0.5, 0.6) is 0 Å². The Labute approximate surface area is 119 Å². The molecule has 0 unspecified atom stereocenters. The lowest BCUT2D eigenvalue weighted by Gasteiger charge is -2.28. The number of fused-ring (bicyclic) bond motifs is 1. The molecule has 3 rings (SSSR count). The number of rotatable bonds is 2. The van der Waals surface area contributed by atoms with Crippen molar-refractivity contribution in [2.24, 2.45) is 5.73 Å². The third-order valence-electron chi connectivity index (χ3n) is 4.47. The van der Waals surface area contributed by atoms with E-state index in [9.17, 15) is 4.39 Å². The summed E-state index contributed by atoms with van der Waals surface area (Å²) < 4.78 is 15.6. The fourth-order valence-corrected chi connectivity index (χ4v) is 3.38. The van der Waals surface area contributed by atoms with E-state index in [1.807, 2.05) is 0 Å². The Morgan fingerprint density at radius 2 is 1.95 bits per heavy atom. The molecule has 2 N–H and O–H groups in total. The van der Waals surface area contributed by atoms with Crippen molar-refractivity contribution in [1.29, 1.82) is 0 Å². The van der Waals surface area contributed by atoms with Gasteiger partial charge in [0.25, 0.3) is 0 Å². The number of aryl methyl sites for hydroxylation is 1. The van der Waals surface area contributed by atoms with Gasteiger partial charge in [0.15, 0.2) is 0 Å². The van der Waals surface area contributed by atoms with Crippen molar-refractivity contribution < 1.29 is 4.39 Å². The number of hydrogen-bond donors (Lipinski definition) is 1. The second kappa shape index (κ2) is 5.17. The Bertz CT molecular complexity index is 609. The molecule has 1 aromatic carbocycles. The number of aromatic nitrogens is 2. The number of benzene rings is 1. The fraction of sp³-hybridized carbons (Fsp3) is 0.562. The monoisotopic (exact) mass is 275 g/mol. The zero-order valence-corrected chi connectivity index (χ0v) is 12.0. The maximum atomic E-state index is 13.5. The second-order valence-corrected chi connectivity index (χ2v) is 5.88. The lowest BCUT2D eigenvalue weighted by atomic mass is 9.90. The van der Waals surface area contributed by atoms with Crippen molar-refractivity contribution in [2.45, 2.75) is 57.5 Å². The third-order valence-corrected chi connectivity index (χ3v) is 4.47. The molecule has 0 spiro atoms. The highest BCUT2D eigenvalue weighted by molar-refractivity contribution is 5.76. The zero-order chi connectivity index (χ0) is 14.2. The van der Waals surface area contributed by atoms with Crippen LogP contribution in [0.15, 0.2) is 18.2 Å². The summed E-state index contributed by atoms with van der Waals surface area (Å²) in [5, 5.41) is 0. The molecule has 0 radical (unpaired) electrons. The molecule has 0 saturated heterocycles. The molecule has 1 fully saturated rings. The summed E-state index contributed by atoms with van der Waals surface area (Å²) in [4.78, 5) is 4.73. The molecular formula is C16H22FN3. The van der Waals surface area contributed by atoms with Crippen LogP contribution in [0, 0.1) is 5.82 Å². The van der Waals surface area contributed by atoms with Crippen LogP contribution in [0.4, 0.5) is 4.39 Å². The molecule has 3 nitrogen and oxygen atoms in total. The number of hydrogen-bond acceptors (Lipinski definition) is 2. The van der Waals surface area contributed by atoms with Crippen molar-refractivity contribution in [1.82, 2.24) is 9.55 Å². The van der Waals surface area contributed by atoms with Gasteiger partial charge in [-0.25, -0.2) is 9.37 Å². The van der Waals surface area contributed by atoms with Crippen LogP contribution in [0.1, 0.15) is 51.3 Å². The molecule has 2 aromatic rings. The minimum absolute atomic E-state index is 0.217. The van der Waals surface area contributed by atoms with E-state index in [0.29, 0.717) is 0 Å². The first-order valence-corrected chi connectivity index (χ1v) is 7.59. The molecular weight excluding hydrogens is 253 g/mol. The number of halogens is 1. The Hall–Kier alpha value is -1.42. The van der Waals surface area contributed by atoms with E-state index in [1.165, 1.54) is 18.9 Å². The molecule has 1 saturated carbocycles. The maximum Gasteiger partial charge on any atom is 0.130 e. The number of nitrogens with zero attached hydrogens (tertiary/aromatic N) is 2. The predicted molar refractivity (Wildman–Crippen MR) is 78.9 cm³/mol. The van der Waals surface area contributed by atoms with Crippen LogP contribution < -0.4 is 5.73 Å². The van der Waals surface area contributed by atoms with E-state index >= 15 is 0 Å². The van der Waals surface area contributed by atoms with Gasteiger partial charge in [-0.3, -0.25) is 0 Å². The lowest BCUT2D eigenvalue weighted by molar-refractivity contribution is 0.350. The molecule has 1 aromatic heterocycles. The molecule has 0 aliphatic heterocycles. The van der Waals surface area contributed by atoms with Gasteiger partial charge in [0.2, 0.25) is 0 Å². The average molecular weight is 275 g/mol. The van der Waals surface area contributed by atoms with E-state index in [4.69, 9.17) is 10.7 Å². The summed E-state index contributed by atoms with van der Waals surface area (Å²) in [6.45, 7) is 2.84. The van der Waals surface area contributed by atoms with Gasteiger partial charge in [-0.2, -0.15) is 0 Å². The Balaban J connectivity index is 2.14. The second-order valence-electron chi connectivity index (χ2n) is 5.88. The van der Waals surface area contributed by atoms with Crippen LogP contribution in [0.2, 0.25) is 0 Å². The molecule has 108 valence electrons. The standard InChI is InChI=1S/C16H22FN3/c1-2-20-14-11-12(17)7-8-13(14)19-15(20)16(18)9-5-3-4-6-10-16/h7-8,11H,2-6,9-10,18H2,1H3. The molecule has 0 atom stereocenters. The first-order chi connectivity index (χ1) is 9.64. The molecule has 4 heteroatoms. The highest BCUT2D eigenvalue weighted by Crippen LogP contribution is 2.35. The molecule has 1 heterocycles. The van der Waals surface area contributed by atoms with Gasteiger partial charge in [0, 0.05) is 6.54 Å². The van der Waals surface area contributed by atoms with Crippen molar-refractivity contribution in [2.75, 3.05) is 0 Å². The van der Waals surface area contributed by atoms with Crippen molar-refractivity contribution in [3.63, 3.8) is 0 Å². The molecule has 0 bridgehead atoms. The summed E-state index contributed by atoms with van der Waals surface area (Å²) in [6.07, 6.45) is 6.74. The van der Waals surface area contributed by atoms with E-state index in [0.717, 1.165) is 49.1 Å². The minimum Gasteiger partial charge on any atom is -0.327 e. The maximum absolute atomic E-state index is 13.5. The van der Waals surface area contributed by atoms with Gasteiger partial charge in [0.1, 0.15) is 11.6 Å². The summed E-state index contributed by atoms with van der Waals surface area (Å²) in [6, 6.07) is 4.78. The largest absolute Gasteiger partial charge is 0.327 e. The first kappa shape index (κ1) is 13.6. The predicted octanol–water partition coefficient (Wildman–Crippen LogP) is 3.70. The Morgan fingerprint density at radius 3 is 2.60 bits per heavy atom. The van der Waals surface area contributed by atoms with Crippen molar-refractivity contribution in [3.05, 3.63) is 29.8 Å². The molecule has 1 aliphatic carbocycles. The van der Waals surface area contributed by atoms with Gasteiger partial charge in [-0.15, -0.1) is 0 Å². The van der Waals surface area contributed by atoms with Crippen LogP contribution in [-0.2, 0) is 12.1 Å². The minimum atomic E-state index is -0.359. The summed E-state index contributed by atoms with van der Waals surface area (Å²) in [7, 11) is 0. The van der Waals surface area contributed by atoms with E-state index in [1.54, 1.807) is 12.1 Å². The van der Waals surface area contributed by atoms with Gasteiger partial charge in [0.05, 0.1) is 16.6 Å². The Kier molecular flexibility index (Phi) is 3.50. The van der Waals surface area contributed by atoms with E-state index < -0.39 is 0 Å². The highest BCUT2D eigenvalue weighted by Gasteiger charge is 2.33. The average Bonchev–Trinajstić information content (AvgIpc) is 2.66. The van der Waals surface area contributed by atoms with Crippen LogP contribution >= 0.6 is 0 Å². The Morgan fingerprint density at radius 1 is 1.25 bits per heavy atom. The summed E-state index contributed by atoms with van der Waals surface area (Å²) in [5.74, 6) is 0.716. The van der Waals surface area contributed by atoms with Crippen LogP contribution in [0.3, 0.4) is 0 Å². The smallest absolute Gasteiger partial charge is 0.130 e. The normalized spacial score (nSPS) is 19.1. The number of nitrogens with two attached hydrogens (primary N) is 1. The third kappa shape index (κ3) is 2.22. The van der Waals surface area contributed by atoms with Gasteiger partial charge < -0.3 is 10.3 Å². The fourth-order valence-electron chi connectivity index (χ4n) is 3.38. The van der Waals surface area contributed by atoms with Crippen molar-refractivity contribution in [3.8, 4) is 0 Å². The van der Waals surface area contributed by atoms with E-state index in [2.05, 4.69) is 11.5 Å². The number of imidazole rings is 1. The molecule has 1 aliphatic rings. The molecule has 0 amide bonds. The van der Waals surface area contributed by atoms with E-state index in [-0.39, 0.29) is 11.4 Å². The summed E-state index contributed by atoms with van der Waals surface area (Å²) >= 11 is 0. The topological polar surface area (TPSA) is 43.8 Å². The van der Waals surface area contributed by atoms with Crippen molar-refractivity contribution >= 4 is 11.0 Å². The van der Waals surface area contributed by atoms with Crippen LogP contribution in [0.25, 0.3) is 11.0 Å².